The van der Waals surface area contributed by atoms with Crippen molar-refractivity contribution in [1.29, 1.82) is 0 Å². The zero-order chi connectivity index (χ0) is 14.3. The lowest BCUT2D eigenvalue weighted by Crippen LogP contribution is -2.51. The Morgan fingerprint density at radius 3 is 2.32 bits per heavy atom. The van der Waals surface area contributed by atoms with Crippen LogP contribution in [0.15, 0.2) is 0 Å². The zero-order valence-corrected chi connectivity index (χ0v) is 12.8. The van der Waals surface area contributed by atoms with Crippen LogP contribution < -0.4 is 5.73 Å². The van der Waals surface area contributed by atoms with Crippen molar-refractivity contribution in [2.24, 2.45) is 11.1 Å². The van der Waals surface area contributed by atoms with Gasteiger partial charge in [-0.3, -0.25) is 4.79 Å². The van der Waals surface area contributed by atoms with Crippen LogP contribution in [0.5, 0.6) is 0 Å². The molecule has 0 bridgehead atoms. The second-order valence-electron chi connectivity index (χ2n) is 5.65. The van der Waals surface area contributed by atoms with Crippen molar-refractivity contribution in [2.45, 2.75) is 58.4 Å². The van der Waals surface area contributed by atoms with E-state index in [1.165, 1.54) is 0 Å². The topological polar surface area (TPSA) is 55.6 Å². The van der Waals surface area contributed by atoms with E-state index in [-0.39, 0.29) is 11.3 Å². The minimum atomic E-state index is -0.295. The molecule has 1 aliphatic rings. The predicted molar refractivity (Wildman–Crippen MR) is 77.9 cm³/mol. The number of hydrogen-bond donors (Lipinski definition) is 1. The maximum absolute atomic E-state index is 13.0. The van der Waals surface area contributed by atoms with Crippen LogP contribution in [0.3, 0.4) is 0 Å². The maximum atomic E-state index is 13.0. The molecule has 0 aromatic rings. The van der Waals surface area contributed by atoms with Crippen molar-refractivity contribution >= 4 is 5.91 Å². The van der Waals surface area contributed by atoms with Gasteiger partial charge in [0.2, 0.25) is 5.91 Å². The molecular formula is C15H30N2O2. The first-order valence-corrected chi connectivity index (χ1v) is 7.65. The van der Waals surface area contributed by atoms with Crippen LogP contribution in [-0.4, -0.2) is 43.7 Å². The number of carbonyl (C=O) groups excluding carboxylic acids is 1. The van der Waals surface area contributed by atoms with Crippen LogP contribution in [0.1, 0.15) is 52.4 Å². The van der Waals surface area contributed by atoms with Crippen molar-refractivity contribution in [3.05, 3.63) is 0 Å². The van der Waals surface area contributed by atoms with E-state index in [2.05, 4.69) is 13.8 Å². The summed E-state index contributed by atoms with van der Waals surface area (Å²) in [5.74, 6) is 0.262. The molecule has 4 heteroatoms. The second kappa shape index (κ2) is 7.85. The van der Waals surface area contributed by atoms with Gasteiger partial charge in [0, 0.05) is 26.2 Å². The van der Waals surface area contributed by atoms with Crippen molar-refractivity contribution < 1.29 is 9.53 Å². The first kappa shape index (κ1) is 16.4. The Kier molecular flexibility index (Phi) is 6.80. The van der Waals surface area contributed by atoms with E-state index in [0.29, 0.717) is 25.7 Å². The second-order valence-corrected chi connectivity index (χ2v) is 5.65. The number of carbonyl (C=O) groups is 1. The van der Waals surface area contributed by atoms with Gasteiger partial charge >= 0.3 is 0 Å². The molecule has 1 fully saturated rings. The maximum Gasteiger partial charge on any atom is 0.230 e. The fraction of sp³-hybridized carbons (Fsp3) is 0.933. The molecule has 0 radical (unpaired) electrons. The fourth-order valence-corrected chi connectivity index (χ4v) is 3.23. The molecule has 2 N–H and O–H groups in total. The summed E-state index contributed by atoms with van der Waals surface area (Å²) in [6, 6.07) is 0.312. The summed E-state index contributed by atoms with van der Waals surface area (Å²) in [5, 5.41) is 0. The third kappa shape index (κ3) is 3.69. The number of nitrogens with zero attached hydrogens (tertiary/aromatic N) is 1. The molecule has 1 aliphatic carbocycles. The Morgan fingerprint density at radius 1 is 1.32 bits per heavy atom. The number of ether oxygens (including phenoxy) is 1. The minimum Gasteiger partial charge on any atom is -0.383 e. The lowest BCUT2D eigenvalue weighted by atomic mass is 9.84. The third-order valence-electron chi connectivity index (χ3n) is 4.59. The number of rotatable bonds is 8. The van der Waals surface area contributed by atoms with E-state index in [1.54, 1.807) is 7.11 Å². The van der Waals surface area contributed by atoms with Gasteiger partial charge in [-0.15, -0.1) is 0 Å². The van der Waals surface area contributed by atoms with E-state index in [9.17, 15) is 4.79 Å². The molecule has 0 atom stereocenters. The van der Waals surface area contributed by atoms with E-state index >= 15 is 0 Å². The Morgan fingerprint density at radius 2 is 1.89 bits per heavy atom. The Labute approximate surface area is 117 Å². The largest absolute Gasteiger partial charge is 0.383 e. The number of methoxy groups -OCH3 is 1. The SMILES string of the molecule is CCC(CC)N(CCOC)C(=O)C1(CN)CCCC1. The van der Waals surface area contributed by atoms with Gasteiger partial charge < -0.3 is 15.4 Å². The average Bonchev–Trinajstić information content (AvgIpc) is 2.93. The van der Waals surface area contributed by atoms with Gasteiger partial charge in [0.25, 0.3) is 0 Å². The molecule has 0 spiro atoms. The summed E-state index contributed by atoms with van der Waals surface area (Å²) in [6.07, 6.45) is 6.14. The Hall–Kier alpha value is -0.610. The van der Waals surface area contributed by atoms with Gasteiger partial charge in [-0.2, -0.15) is 0 Å². The molecule has 0 aromatic heterocycles. The number of hydrogen-bond acceptors (Lipinski definition) is 3. The summed E-state index contributed by atoms with van der Waals surface area (Å²) in [5.41, 5.74) is 5.65. The lowest BCUT2D eigenvalue weighted by Gasteiger charge is -2.38. The molecule has 1 saturated carbocycles. The highest BCUT2D eigenvalue weighted by Crippen LogP contribution is 2.39. The minimum absolute atomic E-state index is 0.262. The van der Waals surface area contributed by atoms with Crippen LogP contribution in [0.4, 0.5) is 0 Å². The average molecular weight is 270 g/mol. The quantitative estimate of drug-likeness (QED) is 0.735. The molecule has 4 nitrogen and oxygen atoms in total. The molecule has 0 aliphatic heterocycles. The molecule has 112 valence electrons. The van der Waals surface area contributed by atoms with Gasteiger partial charge in [0.1, 0.15) is 0 Å². The van der Waals surface area contributed by atoms with Gasteiger partial charge in [-0.25, -0.2) is 0 Å². The molecule has 0 aromatic carbocycles. The zero-order valence-electron chi connectivity index (χ0n) is 12.8. The van der Waals surface area contributed by atoms with Gasteiger partial charge in [0.05, 0.1) is 12.0 Å². The van der Waals surface area contributed by atoms with E-state index < -0.39 is 0 Å². The molecule has 19 heavy (non-hydrogen) atoms. The highest BCUT2D eigenvalue weighted by Gasteiger charge is 2.43. The van der Waals surface area contributed by atoms with E-state index in [4.69, 9.17) is 10.5 Å². The first-order valence-electron chi connectivity index (χ1n) is 7.65. The van der Waals surface area contributed by atoms with Crippen molar-refractivity contribution in [3.8, 4) is 0 Å². The molecule has 0 saturated heterocycles. The first-order chi connectivity index (χ1) is 9.15. The summed E-state index contributed by atoms with van der Waals surface area (Å²) in [6.45, 7) is 6.05. The molecule has 1 amide bonds. The summed E-state index contributed by atoms with van der Waals surface area (Å²) >= 11 is 0. The Bertz CT molecular complexity index is 271. The summed E-state index contributed by atoms with van der Waals surface area (Å²) in [4.78, 5) is 15.0. The fourth-order valence-electron chi connectivity index (χ4n) is 3.23. The monoisotopic (exact) mass is 270 g/mol. The highest BCUT2D eigenvalue weighted by molar-refractivity contribution is 5.83. The van der Waals surface area contributed by atoms with Gasteiger partial charge in [-0.1, -0.05) is 26.7 Å². The Balaban J connectivity index is 2.85. The van der Waals surface area contributed by atoms with Gasteiger partial charge in [0.15, 0.2) is 0 Å². The molecule has 0 heterocycles. The van der Waals surface area contributed by atoms with Crippen molar-refractivity contribution in [3.63, 3.8) is 0 Å². The van der Waals surface area contributed by atoms with Crippen molar-refractivity contribution in [1.82, 2.24) is 4.90 Å². The van der Waals surface area contributed by atoms with Crippen LogP contribution in [0.2, 0.25) is 0 Å². The number of nitrogens with two attached hydrogens (primary N) is 1. The highest BCUT2D eigenvalue weighted by atomic mass is 16.5. The van der Waals surface area contributed by atoms with Gasteiger partial charge in [-0.05, 0) is 25.7 Å². The number of amides is 1. The van der Waals surface area contributed by atoms with Crippen LogP contribution in [0, 0.1) is 5.41 Å². The smallest absolute Gasteiger partial charge is 0.230 e. The van der Waals surface area contributed by atoms with Crippen molar-refractivity contribution in [2.75, 3.05) is 26.8 Å². The molecular weight excluding hydrogens is 240 g/mol. The van der Waals surface area contributed by atoms with E-state index in [0.717, 1.165) is 38.5 Å². The van der Waals surface area contributed by atoms with E-state index in [1.807, 2.05) is 4.90 Å². The molecule has 1 rings (SSSR count). The summed E-state index contributed by atoms with van der Waals surface area (Å²) in [7, 11) is 1.68. The van der Waals surface area contributed by atoms with Crippen LogP contribution in [-0.2, 0) is 9.53 Å². The lowest BCUT2D eigenvalue weighted by molar-refractivity contribution is -0.144. The standard InChI is InChI=1S/C15H30N2O2/c1-4-13(5-2)17(10-11-19-3)14(18)15(12-16)8-6-7-9-15/h13H,4-12,16H2,1-3H3. The summed E-state index contributed by atoms with van der Waals surface area (Å²) < 4.78 is 5.17. The molecule has 0 unspecified atom stereocenters. The third-order valence-corrected chi connectivity index (χ3v) is 4.59. The van der Waals surface area contributed by atoms with Crippen LogP contribution >= 0.6 is 0 Å². The van der Waals surface area contributed by atoms with Crippen LogP contribution in [0.25, 0.3) is 0 Å². The normalized spacial score (nSPS) is 17.9. The predicted octanol–water partition coefficient (Wildman–Crippen LogP) is 2.17.